The molecule has 3 N–H and O–H groups in total. The lowest BCUT2D eigenvalue weighted by molar-refractivity contribution is -0.394. The highest BCUT2D eigenvalue weighted by Crippen LogP contribution is 2.30. The number of para-hydroxylation sites is 1. The van der Waals surface area contributed by atoms with Crippen molar-refractivity contribution < 1.29 is 14.6 Å². The van der Waals surface area contributed by atoms with Crippen LogP contribution >= 0.6 is 47.0 Å². The standard InChI is InChI=1S/C17H14Cl3N5O5S/c1-9-4-2-3-5-13(9)21-16(31)23-15(17(18,19)20)22-14(26)10-6-11(24(27)28)8-12(7-10)25(29)30/h2-8,15H,1H3,(H,22,26)(H2,21,23,31)/t15-/m0/s1. The number of nitrogens with zero attached hydrogens (tertiary/aromatic N) is 2. The quantitative estimate of drug-likeness (QED) is 0.174. The zero-order valence-corrected chi connectivity index (χ0v) is 18.7. The summed E-state index contributed by atoms with van der Waals surface area (Å²) in [5.41, 5.74) is -0.113. The van der Waals surface area contributed by atoms with Gasteiger partial charge < -0.3 is 16.0 Å². The average Bonchev–Trinajstić information content (AvgIpc) is 2.68. The molecule has 0 unspecified atom stereocenters. The average molecular weight is 507 g/mol. The van der Waals surface area contributed by atoms with E-state index in [1.54, 1.807) is 12.1 Å². The predicted octanol–water partition coefficient (Wildman–Crippen LogP) is 4.22. The number of rotatable bonds is 6. The minimum atomic E-state index is -2.10. The van der Waals surface area contributed by atoms with Gasteiger partial charge in [0.25, 0.3) is 17.3 Å². The Balaban J connectivity index is 2.24. The zero-order valence-electron chi connectivity index (χ0n) is 15.6. The van der Waals surface area contributed by atoms with Gasteiger partial charge in [0.1, 0.15) is 6.17 Å². The van der Waals surface area contributed by atoms with Gasteiger partial charge in [0, 0.05) is 17.8 Å². The number of hydrogen-bond acceptors (Lipinski definition) is 6. The van der Waals surface area contributed by atoms with Crippen molar-refractivity contribution in [2.75, 3.05) is 5.32 Å². The number of nitro groups is 2. The molecule has 164 valence electrons. The van der Waals surface area contributed by atoms with E-state index in [-0.39, 0.29) is 10.7 Å². The molecule has 1 atom stereocenters. The summed E-state index contributed by atoms with van der Waals surface area (Å²) in [6.07, 6.45) is -1.38. The molecule has 2 rings (SSSR count). The van der Waals surface area contributed by atoms with Gasteiger partial charge >= 0.3 is 0 Å². The fourth-order valence-corrected chi connectivity index (χ4v) is 2.91. The van der Waals surface area contributed by atoms with Crippen LogP contribution in [0, 0.1) is 27.2 Å². The lowest BCUT2D eigenvalue weighted by Gasteiger charge is -2.28. The van der Waals surface area contributed by atoms with Crippen molar-refractivity contribution in [3.8, 4) is 0 Å². The summed E-state index contributed by atoms with van der Waals surface area (Å²) >= 11 is 23.0. The Morgan fingerprint density at radius 1 is 1.03 bits per heavy atom. The van der Waals surface area contributed by atoms with Crippen molar-refractivity contribution in [3.05, 3.63) is 73.8 Å². The molecule has 0 fully saturated rings. The minimum absolute atomic E-state index is 0.0101. The van der Waals surface area contributed by atoms with E-state index in [0.717, 1.165) is 23.8 Å². The third kappa shape index (κ3) is 6.89. The van der Waals surface area contributed by atoms with Gasteiger partial charge in [-0.2, -0.15) is 0 Å². The van der Waals surface area contributed by atoms with Gasteiger partial charge in [0.15, 0.2) is 5.11 Å². The number of halogens is 3. The smallest absolute Gasteiger partial charge is 0.277 e. The lowest BCUT2D eigenvalue weighted by atomic mass is 10.1. The molecular formula is C17H14Cl3N5O5S. The van der Waals surface area contributed by atoms with Gasteiger partial charge in [-0.05, 0) is 30.8 Å². The van der Waals surface area contributed by atoms with E-state index in [1.165, 1.54) is 0 Å². The molecule has 31 heavy (non-hydrogen) atoms. The van der Waals surface area contributed by atoms with Crippen LogP contribution in [-0.4, -0.2) is 30.8 Å². The number of carbonyl (C=O) groups is 1. The molecular weight excluding hydrogens is 493 g/mol. The molecule has 2 aromatic carbocycles. The normalized spacial score (nSPS) is 11.9. The van der Waals surface area contributed by atoms with E-state index in [2.05, 4.69) is 16.0 Å². The largest absolute Gasteiger partial charge is 0.339 e. The van der Waals surface area contributed by atoms with Gasteiger partial charge in [-0.1, -0.05) is 53.0 Å². The summed E-state index contributed by atoms with van der Waals surface area (Å²) in [7, 11) is 0. The monoisotopic (exact) mass is 505 g/mol. The van der Waals surface area contributed by atoms with Gasteiger partial charge in [0.05, 0.1) is 21.5 Å². The molecule has 10 nitrogen and oxygen atoms in total. The number of aryl methyl sites for hydroxylation is 1. The van der Waals surface area contributed by atoms with E-state index in [4.69, 9.17) is 47.0 Å². The molecule has 1 amide bonds. The fraction of sp³-hybridized carbons (Fsp3) is 0.176. The maximum Gasteiger partial charge on any atom is 0.277 e. The predicted molar refractivity (Wildman–Crippen MR) is 122 cm³/mol. The van der Waals surface area contributed by atoms with Crippen molar-refractivity contribution >= 4 is 75.1 Å². The topological polar surface area (TPSA) is 139 Å². The van der Waals surface area contributed by atoms with Gasteiger partial charge in [-0.15, -0.1) is 0 Å². The molecule has 0 aliphatic rings. The number of anilines is 1. The Hall–Kier alpha value is -2.73. The fourth-order valence-electron chi connectivity index (χ4n) is 2.35. The molecule has 0 aliphatic heterocycles. The molecule has 0 aliphatic carbocycles. The van der Waals surface area contributed by atoms with Crippen molar-refractivity contribution in [1.82, 2.24) is 10.6 Å². The van der Waals surface area contributed by atoms with Gasteiger partial charge in [-0.25, -0.2) is 0 Å². The Labute approximate surface area is 196 Å². The number of non-ortho nitro benzene ring substituents is 2. The van der Waals surface area contributed by atoms with Gasteiger partial charge in [-0.3, -0.25) is 25.0 Å². The molecule has 0 saturated heterocycles. The number of thiocarbonyl (C=S) groups is 1. The molecule has 0 radical (unpaired) electrons. The first-order valence-electron chi connectivity index (χ1n) is 8.33. The maximum absolute atomic E-state index is 12.6. The van der Waals surface area contributed by atoms with Crippen LogP contribution in [0.4, 0.5) is 17.1 Å². The third-order valence-electron chi connectivity index (χ3n) is 3.86. The van der Waals surface area contributed by atoms with Crippen LogP contribution in [0.2, 0.25) is 0 Å². The number of nitrogens with one attached hydrogen (secondary N) is 3. The van der Waals surface area contributed by atoms with Crippen LogP contribution in [-0.2, 0) is 0 Å². The van der Waals surface area contributed by atoms with E-state index < -0.39 is 37.1 Å². The van der Waals surface area contributed by atoms with E-state index in [1.807, 2.05) is 19.1 Å². The van der Waals surface area contributed by atoms with Crippen molar-refractivity contribution in [1.29, 1.82) is 0 Å². The summed E-state index contributed by atoms with van der Waals surface area (Å²) in [5.74, 6) is -0.964. The molecule has 0 spiro atoms. The second kappa shape index (κ2) is 10.1. The first-order chi connectivity index (χ1) is 14.4. The number of nitro benzene ring substituents is 2. The Morgan fingerprint density at radius 2 is 1.58 bits per heavy atom. The molecule has 0 heterocycles. The van der Waals surface area contributed by atoms with Crippen LogP contribution < -0.4 is 16.0 Å². The zero-order chi connectivity index (χ0) is 23.3. The number of hydrogen-bond donors (Lipinski definition) is 3. The first kappa shape index (κ1) is 24.5. The second-order valence-electron chi connectivity index (χ2n) is 6.11. The maximum atomic E-state index is 12.6. The number of amides is 1. The highest BCUT2D eigenvalue weighted by Gasteiger charge is 2.35. The van der Waals surface area contributed by atoms with E-state index in [9.17, 15) is 25.0 Å². The van der Waals surface area contributed by atoms with Crippen LogP contribution in [0.15, 0.2) is 42.5 Å². The minimum Gasteiger partial charge on any atom is -0.339 e. The summed E-state index contributed by atoms with van der Waals surface area (Å²) in [4.78, 5) is 32.9. The second-order valence-corrected chi connectivity index (χ2v) is 8.89. The summed E-state index contributed by atoms with van der Waals surface area (Å²) in [6.45, 7) is 1.84. The van der Waals surface area contributed by atoms with Crippen molar-refractivity contribution in [2.45, 2.75) is 16.9 Å². The Bertz CT molecular complexity index is 1010. The Kier molecular flexibility index (Phi) is 7.96. The third-order valence-corrected chi connectivity index (χ3v) is 4.73. The SMILES string of the molecule is Cc1ccccc1NC(=S)N[C@H](NC(=O)c1cc([N+](=O)[O-])cc([N+](=O)[O-])c1)C(Cl)(Cl)Cl. The van der Waals surface area contributed by atoms with Crippen LogP contribution in [0.25, 0.3) is 0 Å². The van der Waals surface area contributed by atoms with E-state index in [0.29, 0.717) is 5.69 Å². The highest BCUT2D eigenvalue weighted by atomic mass is 35.6. The molecule has 0 aromatic heterocycles. The summed E-state index contributed by atoms with van der Waals surface area (Å²) in [5, 5.41) is 29.9. The first-order valence-corrected chi connectivity index (χ1v) is 9.87. The number of carbonyl (C=O) groups excluding carboxylic acids is 1. The van der Waals surface area contributed by atoms with Crippen molar-refractivity contribution in [2.24, 2.45) is 0 Å². The van der Waals surface area contributed by atoms with Crippen LogP contribution in [0.5, 0.6) is 0 Å². The number of alkyl halides is 3. The molecule has 0 bridgehead atoms. The van der Waals surface area contributed by atoms with E-state index >= 15 is 0 Å². The van der Waals surface area contributed by atoms with Crippen molar-refractivity contribution in [3.63, 3.8) is 0 Å². The summed E-state index contributed by atoms with van der Waals surface area (Å²) < 4.78 is -2.10. The van der Waals surface area contributed by atoms with Crippen LogP contribution in [0.1, 0.15) is 15.9 Å². The van der Waals surface area contributed by atoms with Crippen LogP contribution in [0.3, 0.4) is 0 Å². The molecule has 2 aromatic rings. The Morgan fingerprint density at radius 3 is 2.06 bits per heavy atom. The molecule has 14 heteroatoms. The molecule has 0 saturated carbocycles. The van der Waals surface area contributed by atoms with Gasteiger partial charge in [0.2, 0.25) is 3.79 Å². The summed E-state index contributed by atoms with van der Waals surface area (Å²) in [6, 6.07) is 9.66. The number of benzene rings is 2. The highest BCUT2D eigenvalue weighted by molar-refractivity contribution is 7.80. The lowest BCUT2D eigenvalue weighted by Crippen LogP contribution is -2.56.